The quantitative estimate of drug-likeness (QED) is 0.377. The van der Waals surface area contributed by atoms with Gasteiger partial charge in [-0.2, -0.15) is 0 Å². The van der Waals surface area contributed by atoms with Crippen molar-refractivity contribution in [3.05, 3.63) is 0 Å². The van der Waals surface area contributed by atoms with Gasteiger partial charge < -0.3 is 14.2 Å². The lowest BCUT2D eigenvalue weighted by Crippen LogP contribution is -2.13. The first-order chi connectivity index (χ1) is 4.81. The Hall–Kier alpha value is -1.10. The summed E-state index contributed by atoms with van der Waals surface area (Å²) in [6, 6.07) is 0. The summed E-state index contributed by atoms with van der Waals surface area (Å²) in [5.41, 5.74) is 0. The molecule has 5 heteroatoms. The van der Waals surface area contributed by atoms with Gasteiger partial charge >= 0.3 is 12.4 Å². The highest BCUT2D eigenvalue weighted by Crippen LogP contribution is 1.78. The van der Waals surface area contributed by atoms with Gasteiger partial charge in [0.15, 0.2) is 13.4 Å². The number of hydrogen-bond donors (Lipinski definition) is 0. The van der Waals surface area contributed by atoms with Crippen LogP contribution in [0.4, 0.5) is 0 Å². The molecule has 57 valence electrons. The molecule has 0 saturated heterocycles. The summed E-state index contributed by atoms with van der Waals surface area (Å²) in [4.78, 5) is 19.8. The Morgan fingerprint density at radius 2 is 2.30 bits per heavy atom. The highest BCUT2D eigenvalue weighted by atomic mass is 16.7. The van der Waals surface area contributed by atoms with Crippen molar-refractivity contribution in [2.24, 2.45) is 0 Å². The van der Waals surface area contributed by atoms with Gasteiger partial charge in [0, 0.05) is 7.11 Å². The van der Waals surface area contributed by atoms with Gasteiger partial charge in [0.25, 0.3) is 0 Å². The first-order valence-electron chi connectivity index (χ1n) is 2.44. The summed E-state index contributed by atoms with van der Waals surface area (Å²) in [7, 11) is 1.37. The Balaban J connectivity index is 3.16. The van der Waals surface area contributed by atoms with Crippen LogP contribution < -0.4 is 0 Å². The lowest BCUT2D eigenvalue weighted by atomic mass is 10.7. The average Bonchev–Trinajstić information content (AvgIpc) is 1.97. The minimum Gasteiger partial charge on any atom is -0.445 e. The van der Waals surface area contributed by atoms with Gasteiger partial charge in [-0.05, 0) is 0 Å². The highest BCUT2D eigenvalue weighted by molar-refractivity contribution is 5.71. The summed E-state index contributed by atoms with van der Waals surface area (Å²) < 4.78 is 12.7. The second-order valence-corrected chi connectivity index (χ2v) is 1.29. The molecule has 0 rings (SSSR count). The predicted molar refractivity (Wildman–Crippen MR) is 29.6 cm³/mol. The van der Waals surface area contributed by atoms with E-state index in [-0.39, 0.29) is 6.79 Å². The van der Waals surface area contributed by atoms with Crippen LogP contribution in [0, 0.1) is 0 Å². The van der Waals surface area contributed by atoms with E-state index < -0.39 is 12.6 Å². The number of carbonyl (C=O) groups excluding carboxylic acids is 2. The Morgan fingerprint density at radius 3 is 2.80 bits per heavy atom. The van der Waals surface area contributed by atoms with Gasteiger partial charge in [-0.15, -0.1) is 0 Å². The summed E-state index contributed by atoms with van der Waals surface area (Å²) in [6.45, 7) is 0.522. The van der Waals surface area contributed by atoms with Crippen molar-refractivity contribution in [3.63, 3.8) is 0 Å². The Bertz CT molecular complexity index is 111. The van der Waals surface area contributed by atoms with E-state index in [1.807, 2.05) is 0 Å². The van der Waals surface area contributed by atoms with Crippen molar-refractivity contribution in [1.29, 1.82) is 0 Å². The monoisotopic (exact) mass is 147 g/mol. The van der Waals surface area contributed by atoms with Crippen LogP contribution >= 0.6 is 0 Å². The van der Waals surface area contributed by atoms with Crippen LogP contribution in [0.2, 0.25) is 0 Å². The molecule has 0 heterocycles. The fourth-order valence-corrected chi connectivity index (χ4v) is 0.255. The third-order valence-electron chi connectivity index (χ3n) is 0.587. The predicted octanol–water partition coefficient (Wildman–Crippen LogP) is -0.783. The second-order valence-electron chi connectivity index (χ2n) is 1.29. The number of ether oxygens (including phenoxy) is 3. The molecule has 0 fully saturated rings. The molecule has 0 aliphatic carbocycles. The van der Waals surface area contributed by atoms with E-state index in [2.05, 4.69) is 14.2 Å². The van der Waals surface area contributed by atoms with Gasteiger partial charge in [0.05, 0.1) is 0 Å². The molecule has 0 unspecified atom stereocenters. The van der Waals surface area contributed by atoms with Crippen LogP contribution in [-0.2, 0) is 23.8 Å². The van der Waals surface area contributed by atoms with Crippen LogP contribution in [0.3, 0.4) is 0 Å². The molecule has 0 aliphatic rings. The molecule has 0 N–H and O–H groups in total. The van der Waals surface area contributed by atoms with Crippen molar-refractivity contribution >= 4 is 12.4 Å². The number of hydrogen-bond acceptors (Lipinski definition) is 5. The largest absolute Gasteiger partial charge is 0.445 e. The van der Waals surface area contributed by atoms with Crippen LogP contribution in [0.5, 0.6) is 0 Å². The molecular weight excluding hydrogens is 140 g/mol. The minimum atomic E-state index is -0.662. The summed E-state index contributed by atoms with van der Waals surface area (Å²) >= 11 is 0. The van der Waals surface area contributed by atoms with E-state index in [0.29, 0.717) is 0 Å². The molecule has 0 bridgehead atoms. The maximum Gasteiger partial charge on any atom is 0.418 e. The highest BCUT2D eigenvalue weighted by Gasteiger charge is 2.00. The lowest BCUT2D eigenvalue weighted by Gasteiger charge is -1.99. The first-order valence-corrected chi connectivity index (χ1v) is 2.44. The van der Waals surface area contributed by atoms with Crippen molar-refractivity contribution < 1.29 is 23.8 Å². The fraction of sp³-hybridized carbons (Fsp3) is 0.600. The third-order valence-corrected chi connectivity index (χ3v) is 0.587. The molecule has 5 nitrogen and oxygen atoms in total. The molecule has 0 aromatic carbocycles. The minimum absolute atomic E-state index is 0.138. The van der Waals surface area contributed by atoms with E-state index in [9.17, 15) is 9.59 Å². The molecular formula is C5H7O5. The Kier molecular flexibility index (Phi) is 5.36. The van der Waals surface area contributed by atoms with Crippen molar-refractivity contribution in [2.45, 2.75) is 0 Å². The van der Waals surface area contributed by atoms with Crippen LogP contribution in [-0.4, -0.2) is 33.0 Å². The SMILES string of the molecule is COCOC(=O)CO[C]=O. The third kappa shape index (κ3) is 5.04. The fourth-order valence-electron chi connectivity index (χ4n) is 0.255. The molecule has 0 aromatic heterocycles. The topological polar surface area (TPSA) is 61.8 Å². The number of esters is 1. The normalized spacial score (nSPS) is 8.50. The molecule has 0 aromatic rings. The zero-order valence-corrected chi connectivity index (χ0v) is 5.46. The summed E-state index contributed by atoms with van der Waals surface area (Å²) in [6.07, 6.45) is 0. The molecule has 0 amide bonds. The van der Waals surface area contributed by atoms with E-state index >= 15 is 0 Å². The number of rotatable bonds is 5. The van der Waals surface area contributed by atoms with Crippen LogP contribution in [0.25, 0.3) is 0 Å². The van der Waals surface area contributed by atoms with E-state index in [1.165, 1.54) is 7.11 Å². The maximum absolute atomic E-state index is 10.4. The van der Waals surface area contributed by atoms with E-state index in [0.717, 1.165) is 6.47 Å². The van der Waals surface area contributed by atoms with E-state index in [4.69, 9.17) is 0 Å². The summed E-state index contributed by atoms with van der Waals surface area (Å²) in [5.74, 6) is -0.662. The average molecular weight is 147 g/mol. The van der Waals surface area contributed by atoms with Gasteiger partial charge in [0.1, 0.15) is 0 Å². The molecule has 0 aliphatic heterocycles. The summed E-state index contributed by atoms with van der Waals surface area (Å²) in [5, 5.41) is 0. The van der Waals surface area contributed by atoms with Gasteiger partial charge in [-0.1, -0.05) is 0 Å². The Labute approximate surface area is 57.9 Å². The zero-order chi connectivity index (χ0) is 7.82. The zero-order valence-electron chi connectivity index (χ0n) is 5.46. The molecule has 1 radical (unpaired) electrons. The standard InChI is InChI=1S/C5H7O5/c1-8-4-10-5(7)2-9-3-6/h2,4H2,1H3. The van der Waals surface area contributed by atoms with Gasteiger partial charge in [-0.3, -0.25) is 0 Å². The van der Waals surface area contributed by atoms with Crippen molar-refractivity contribution in [1.82, 2.24) is 0 Å². The van der Waals surface area contributed by atoms with Crippen LogP contribution in [0.15, 0.2) is 0 Å². The lowest BCUT2D eigenvalue weighted by molar-refractivity contribution is -0.156. The molecule has 0 saturated carbocycles. The van der Waals surface area contributed by atoms with E-state index in [1.54, 1.807) is 0 Å². The Morgan fingerprint density at radius 1 is 1.60 bits per heavy atom. The van der Waals surface area contributed by atoms with Gasteiger partial charge in [0.2, 0.25) is 0 Å². The molecule has 0 spiro atoms. The van der Waals surface area contributed by atoms with Crippen molar-refractivity contribution in [3.8, 4) is 0 Å². The number of carbonyl (C=O) groups is 1. The second kappa shape index (κ2) is 6.03. The van der Waals surface area contributed by atoms with Crippen molar-refractivity contribution in [2.75, 3.05) is 20.5 Å². The van der Waals surface area contributed by atoms with Gasteiger partial charge in [-0.25, -0.2) is 9.59 Å². The number of methoxy groups -OCH3 is 1. The maximum atomic E-state index is 10.4. The first kappa shape index (κ1) is 8.90. The smallest absolute Gasteiger partial charge is 0.418 e. The molecule has 0 atom stereocenters. The molecule has 10 heavy (non-hydrogen) atoms. The van der Waals surface area contributed by atoms with Crippen LogP contribution in [0.1, 0.15) is 0 Å².